The van der Waals surface area contributed by atoms with E-state index in [1.54, 1.807) is 0 Å². The third-order valence-electron chi connectivity index (χ3n) is 4.80. The van der Waals surface area contributed by atoms with Crippen LogP contribution in [0.25, 0.3) is 0 Å². The molecule has 1 amide bonds. The molecule has 0 spiro atoms. The smallest absolute Gasteiger partial charge is 0.252 e. The topological polar surface area (TPSA) is 64.8 Å². The van der Waals surface area contributed by atoms with Crippen LogP contribution < -0.4 is 5.73 Å². The number of ether oxygens (including phenoxy) is 2. The monoisotopic (exact) mass is 318 g/mol. The summed E-state index contributed by atoms with van der Waals surface area (Å²) in [6.07, 6.45) is 1.18. The van der Waals surface area contributed by atoms with Crippen LogP contribution in [0.3, 0.4) is 0 Å². The molecule has 2 saturated heterocycles. The molecule has 0 radical (unpaired) electrons. The predicted octanol–water partition coefficient (Wildman–Crippen LogP) is 1.87. The molecule has 1 unspecified atom stereocenters. The number of nitrogens with two attached hydrogens (primary N) is 1. The zero-order chi connectivity index (χ0) is 16.4. The summed E-state index contributed by atoms with van der Waals surface area (Å²) in [5.74, 6) is 0.0650. The lowest BCUT2D eigenvalue weighted by Crippen LogP contribution is -2.58. The zero-order valence-corrected chi connectivity index (χ0v) is 13.9. The van der Waals surface area contributed by atoms with Crippen LogP contribution in [-0.2, 0) is 14.3 Å². The normalized spacial score (nSPS) is 30.4. The van der Waals surface area contributed by atoms with Gasteiger partial charge in [-0.05, 0) is 32.3 Å². The fourth-order valence-corrected chi connectivity index (χ4v) is 3.34. The van der Waals surface area contributed by atoms with E-state index in [1.807, 2.05) is 49.1 Å². The fraction of sp³-hybridized carbons (Fsp3) is 0.611. The van der Waals surface area contributed by atoms with Crippen LogP contribution >= 0.6 is 0 Å². The number of nitrogens with zero attached hydrogens (tertiary/aromatic N) is 1. The molecule has 0 aliphatic carbocycles. The molecule has 2 aliphatic rings. The van der Waals surface area contributed by atoms with Crippen LogP contribution in [0.5, 0.6) is 0 Å². The second-order valence-electron chi connectivity index (χ2n) is 7.03. The number of morpholine rings is 1. The molecule has 2 fully saturated rings. The number of carbonyl (C=O) groups excluding carboxylic acids is 1. The van der Waals surface area contributed by atoms with Crippen molar-refractivity contribution in [3.05, 3.63) is 35.9 Å². The van der Waals surface area contributed by atoms with Crippen LogP contribution in [0, 0.1) is 0 Å². The van der Waals surface area contributed by atoms with Crippen molar-refractivity contribution in [3.63, 3.8) is 0 Å². The highest BCUT2D eigenvalue weighted by molar-refractivity contribution is 5.82. The molecular formula is C18H26N2O3. The van der Waals surface area contributed by atoms with Gasteiger partial charge >= 0.3 is 0 Å². The van der Waals surface area contributed by atoms with E-state index in [9.17, 15) is 4.79 Å². The van der Waals surface area contributed by atoms with E-state index in [-0.39, 0.29) is 29.8 Å². The maximum atomic E-state index is 13.0. The lowest BCUT2D eigenvalue weighted by Gasteiger charge is -2.46. The van der Waals surface area contributed by atoms with Crippen molar-refractivity contribution in [1.82, 2.24) is 4.90 Å². The van der Waals surface area contributed by atoms with Crippen molar-refractivity contribution in [2.45, 2.75) is 50.5 Å². The van der Waals surface area contributed by atoms with Crippen molar-refractivity contribution in [1.29, 1.82) is 0 Å². The van der Waals surface area contributed by atoms with Gasteiger partial charge in [0, 0.05) is 6.54 Å². The Kier molecular flexibility index (Phi) is 4.71. The van der Waals surface area contributed by atoms with Crippen molar-refractivity contribution in [3.8, 4) is 0 Å². The van der Waals surface area contributed by atoms with Gasteiger partial charge in [-0.25, -0.2) is 0 Å². The molecule has 1 aromatic rings. The molecule has 1 aromatic carbocycles. The second kappa shape index (κ2) is 6.59. The van der Waals surface area contributed by atoms with Crippen LogP contribution in [-0.4, -0.2) is 48.3 Å². The highest BCUT2D eigenvalue weighted by Crippen LogP contribution is 2.32. The van der Waals surface area contributed by atoms with E-state index in [4.69, 9.17) is 15.2 Å². The molecule has 2 heterocycles. The Bertz CT molecular complexity index is 546. The van der Waals surface area contributed by atoms with Gasteiger partial charge in [0.2, 0.25) is 0 Å². The first-order valence-electron chi connectivity index (χ1n) is 8.35. The number of amides is 1. The first-order chi connectivity index (χ1) is 11.0. The molecule has 2 N–H and O–H groups in total. The summed E-state index contributed by atoms with van der Waals surface area (Å²) >= 11 is 0. The first-order valence-corrected chi connectivity index (χ1v) is 8.35. The van der Waals surface area contributed by atoms with Crippen molar-refractivity contribution in [2.24, 2.45) is 5.73 Å². The Balaban J connectivity index is 1.74. The van der Waals surface area contributed by atoms with Gasteiger partial charge in [0.05, 0.1) is 24.8 Å². The predicted molar refractivity (Wildman–Crippen MR) is 87.9 cm³/mol. The van der Waals surface area contributed by atoms with Gasteiger partial charge in [0.1, 0.15) is 12.2 Å². The SMILES string of the molecule is CC1(C)COC(c2ccccc2)CN1C(=O)[C@@H]1CC[C@H](CN)O1. The molecule has 5 nitrogen and oxygen atoms in total. The van der Waals surface area contributed by atoms with Gasteiger partial charge in [0.15, 0.2) is 0 Å². The van der Waals surface area contributed by atoms with E-state index in [0.717, 1.165) is 18.4 Å². The van der Waals surface area contributed by atoms with E-state index in [0.29, 0.717) is 19.7 Å². The maximum Gasteiger partial charge on any atom is 0.252 e. The Morgan fingerprint density at radius 1 is 1.30 bits per heavy atom. The molecule has 5 heteroatoms. The number of carbonyl (C=O) groups is 1. The minimum atomic E-state index is -0.364. The zero-order valence-electron chi connectivity index (χ0n) is 13.9. The fourth-order valence-electron chi connectivity index (χ4n) is 3.34. The summed E-state index contributed by atoms with van der Waals surface area (Å²) in [6, 6.07) is 10.1. The minimum absolute atomic E-state index is 0.0121. The van der Waals surface area contributed by atoms with E-state index >= 15 is 0 Å². The van der Waals surface area contributed by atoms with Crippen LogP contribution in [0.1, 0.15) is 38.4 Å². The van der Waals surface area contributed by atoms with Crippen molar-refractivity contribution < 1.29 is 14.3 Å². The molecule has 126 valence electrons. The number of rotatable bonds is 3. The van der Waals surface area contributed by atoms with Gasteiger partial charge in [0.25, 0.3) is 5.91 Å². The number of hydrogen-bond acceptors (Lipinski definition) is 4. The Morgan fingerprint density at radius 2 is 2.04 bits per heavy atom. The molecule has 2 aliphatic heterocycles. The number of benzene rings is 1. The van der Waals surface area contributed by atoms with Crippen LogP contribution in [0.2, 0.25) is 0 Å². The maximum absolute atomic E-state index is 13.0. The summed E-state index contributed by atoms with van der Waals surface area (Å²) in [7, 11) is 0. The van der Waals surface area contributed by atoms with Gasteiger partial charge in [-0.15, -0.1) is 0 Å². The Labute approximate surface area is 137 Å². The highest BCUT2D eigenvalue weighted by Gasteiger charge is 2.42. The number of hydrogen-bond donors (Lipinski definition) is 1. The lowest BCUT2D eigenvalue weighted by atomic mass is 9.97. The first kappa shape index (κ1) is 16.4. The molecule has 3 rings (SSSR count). The summed E-state index contributed by atoms with van der Waals surface area (Å²) < 4.78 is 11.8. The van der Waals surface area contributed by atoms with E-state index < -0.39 is 0 Å². The van der Waals surface area contributed by atoms with Crippen LogP contribution in [0.4, 0.5) is 0 Å². The molecule has 3 atom stereocenters. The van der Waals surface area contributed by atoms with Crippen LogP contribution in [0.15, 0.2) is 30.3 Å². The largest absolute Gasteiger partial charge is 0.369 e. The van der Waals surface area contributed by atoms with Crippen molar-refractivity contribution >= 4 is 5.91 Å². The molecule has 23 heavy (non-hydrogen) atoms. The van der Waals surface area contributed by atoms with Gasteiger partial charge < -0.3 is 20.1 Å². The molecule has 0 aromatic heterocycles. The average Bonchev–Trinajstić information content (AvgIpc) is 3.04. The summed E-state index contributed by atoms with van der Waals surface area (Å²) in [4.78, 5) is 14.9. The summed E-state index contributed by atoms with van der Waals surface area (Å²) in [5.41, 5.74) is 6.43. The third kappa shape index (κ3) is 3.42. The minimum Gasteiger partial charge on any atom is -0.369 e. The Morgan fingerprint density at radius 3 is 2.70 bits per heavy atom. The molecule has 0 bridgehead atoms. The summed E-state index contributed by atoms with van der Waals surface area (Å²) in [5, 5.41) is 0. The van der Waals surface area contributed by atoms with Gasteiger partial charge in [-0.2, -0.15) is 0 Å². The van der Waals surface area contributed by atoms with E-state index in [1.165, 1.54) is 0 Å². The average molecular weight is 318 g/mol. The standard InChI is InChI=1S/C18H26N2O3/c1-18(2)12-22-16(13-6-4-3-5-7-13)11-20(18)17(21)15-9-8-14(10-19)23-15/h3-7,14-16H,8-12,19H2,1-2H3/t14-,15+,16?/m1/s1. The van der Waals surface area contributed by atoms with Gasteiger partial charge in [-0.1, -0.05) is 30.3 Å². The van der Waals surface area contributed by atoms with E-state index in [2.05, 4.69) is 0 Å². The van der Waals surface area contributed by atoms with Crippen molar-refractivity contribution in [2.75, 3.05) is 19.7 Å². The summed E-state index contributed by atoms with van der Waals surface area (Å²) in [6.45, 7) is 5.64. The lowest BCUT2D eigenvalue weighted by molar-refractivity contribution is -0.165. The highest BCUT2D eigenvalue weighted by atomic mass is 16.5. The van der Waals surface area contributed by atoms with Gasteiger partial charge in [-0.3, -0.25) is 4.79 Å². The second-order valence-corrected chi connectivity index (χ2v) is 7.03. The molecule has 0 saturated carbocycles. The Hall–Kier alpha value is -1.43. The quantitative estimate of drug-likeness (QED) is 0.924. The third-order valence-corrected chi connectivity index (χ3v) is 4.80. The molecular weight excluding hydrogens is 292 g/mol.